The number of benzene rings is 1. The van der Waals surface area contributed by atoms with E-state index in [9.17, 15) is 4.79 Å². The van der Waals surface area contributed by atoms with Gasteiger partial charge in [0.15, 0.2) is 0 Å². The number of halogens is 1. The van der Waals surface area contributed by atoms with Gasteiger partial charge in [0.05, 0.1) is 36.7 Å². The third kappa shape index (κ3) is 3.77. The molecule has 4 aromatic rings. The minimum Gasteiger partial charge on any atom is -0.480 e. The van der Waals surface area contributed by atoms with Gasteiger partial charge in [-0.25, -0.2) is 9.78 Å². The van der Waals surface area contributed by atoms with E-state index in [0.29, 0.717) is 36.0 Å². The third-order valence-corrected chi connectivity index (χ3v) is 6.75. The summed E-state index contributed by atoms with van der Waals surface area (Å²) in [5, 5.41) is 0.705. The van der Waals surface area contributed by atoms with Crippen LogP contribution in [0.5, 0.6) is 5.88 Å². The van der Waals surface area contributed by atoms with Crippen LogP contribution in [0.1, 0.15) is 34.8 Å². The average molecular weight is 510 g/mol. The molecule has 1 saturated heterocycles. The molecule has 1 aliphatic heterocycles. The first kappa shape index (κ1) is 21.9. The lowest BCUT2D eigenvalue weighted by molar-refractivity contribution is 0.0549. The number of pyridine rings is 2. The molecule has 4 heterocycles. The van der Waals surface area contributed by atoms with Gasteiger partial charge in [-0.15, -0.1) is 0 Å². The Labute approximate surface area is 199 Å². The largest absolute Gasteiger partial charge is 0.480 e. The fourth-order valence-corrected chi connectivity index (χ4v) is 5.21. The molecule has 1 aliphatic rings. The van der Waals surface area contributed by atoms with Crippen molar-refractivity contribution in [3.63, 3.8) is 0 Å². The number of fused-ring (bicyclic) bond motifs is 3. The molecular formula is C25H24BrN3O4. The number of carbonyl (C=O) groups excluding carboxylic acids is 1. The Morgan fingerprint density at radius 2 is 1.91 bits per heavy atom. The summed E-state index contributed by atoms with van der Waals surface area (Å²) in [6.07, 6.45) is 5.11. The molecule has 1 fully saturated rings. The molecule has 7 nitrogen and oxygen atoms in total. The minimum absolute atomic E-state index is 0.0401. The number of esters is 1. The zero-order chi connectivity index (χ0) is 22.9. The molecule has 33 heavy (non-hydrogen) atoms. The van der Waals surface area contributed by atoms with Crippen molar-refractivity contribution < 1.29 is 19.0 Å². The molecule has 170 valence electrons. The van der Waals surface area contributed by atoms with Crippen LogP contribution in [0, 0.1) is 5.92 Å². The van der Waals surface area contributed by atoms with E-state index in [1.807, 2.05) is 24.3 Å². The summed E-state index contributed by atoms with van der Waals surface area (Å²) in [5.74, 6) is 0.288. The quantitative estimate of drug-likeness (QED) is 0.346. The fraction of sp³-hybridized carbons (Fsp3) is 0.320. The fourth-order valence-electron chi connectivity index (χ4n) is 4.89. The molecule has 0 aliphatic carbocycles. The van der Waals surface area contributed by atoms with Gasteiger partial charge >= 0.3 is 5.97 Å². The summed E-state index contributed by atoms with van der Waals surface area (Å²) in [4.78, 5) is 22.0. The molecule has 0 spiro atoms. The highest BCUT2D eigenvalue weighted by molar-refractivity contribution is 9.10. The van der Waals surface area contributed by atoms with E-state index in [1.54, 1.807) is 13.3 Å². The first-order valence-electron chi connectivity index (χ1n) is 10.9. The van der Waals surface area contributed by atoms with Crippen molar-refractivity contribution in [2.45, 2.75) is 18.9 Å². The van der Waals surface area contributed by atoms with Crippen molar-refractivity contribution >= 4 is 43.8 Å². The van der Waals surface area contributed by atoms with Crippen molar-refractivity contribution in [1.82, 2.24) is 14.5 Å². The third-order valence-electron chi connectivity index (χ3n) is 6.32. The van der Waals surface area contributed by atoms with Gasteiger partial charge in [0.2, 0.25) is 5.88 Å². The molecule has 0 amide bonds. The van der Waals surface area contributed by atoms with Crippen molar-refractivity contribution in [2.24, 2.45) is 5.92 Å². The van der Waals surface area contributed by atoms with Crippen molar-refractivity contribution in [2.75, 3.05) is 27.4 Å². The monoisotopic (exact) mass is 509 g/mol. The zero-order valence-electron chi connectivity index (χ0n) is 18.5. The molecule has 0 radical (unpaired) electrons. The highest BCUT2D eigenvalue weighted by Crippen LogP contribution is 2.43. The highest BCUT2D eigenvalue weighted by Gasteiger charge is 2.33. The number of carbonyl (C=O) groups is 1. The zero-order valence-corrected chi connectivity index (χ0v) is 20.0. The Bertz CT molecular complexity index is 1320. The summed E-state index contributed by atoms with van der Waals surface area (Å²) < 4.78 is 19.5. The van der Waals surface area contributed by atoms with Gasteiger partial charge in [-0.05, 0) is 46.3 Å². The van der Waals surface area contributed by atoms with Crippen LogP contribution in [0.25, 0.3) is 21.9 Å². The topological polar surface area (TPSA) is 75.5 Å². The Kier molecular flexibility index (Phi) is 6.03. The second-order valence-electron chi connectivity index (χ2n) is 8.09. The van der Waals surface area contributed by atoms with Crippen LogP contribution in [0.3, 0.4) is 0 Å². The highest BCUT2D eigenvalue weighted by atomic mass is 79.9. The normalized spacial score (nSPS) is 15.6. The summed E-state index contributed by atoms with van der Waals surface area (Å²) in [6.45, 7) is 1.42. The Balaban J connectivity index is 1.93. The molecule has 1 aromatic carbocycles. The van der Waals surface area contributed by atoms with E-state index in [-0.39, 0.29) is 6.04 Å². The number of methoxy groups -OCH3 is 2. The summed E-state index contributed by atoms with van der Waals surface area (Å²) in [7, 11) is 2.96. The van der Waals surface area contributed by atoms with Crippen molar-refractivity contribution in [1.29, 1.82) is 0 Å². The van der Waals surface area contributed by atoms with E-state index in [2.05, 4.69) is 37.6 Å². The molecule has 0 saturated carbocycles. The van der Waals surface area contributed by atoms with Gasteiger partial charge in [-0.2, -0.15) is 0 Å². The summed E-state index contributed by atoms with van der Waals surface area (Å²) in [6, 6.07) is 12.4. The average Bonchev–Trinajstić information content (AvgIpc) is 3.19. The SMILES string of the molecule is COC(=O)c1cnc(OC)c2c3ncc(Br)cc3n([C@H](c3ccccc3)C3CCOCC3)c12. The lowest BCUT2D eigenvalue weighted by Crippen LogP contribution is -2.27. The van der Waals surface area contributed by atoms with Crippen molar-refractivity contribution in [3.8, 4) is 5.88 Å². The van der Waals surface area contributed by atoms with Crippen LogP contribution < -0.4 is 4.74 Å². The first-order chi connectivity index (χ1) is 16.1. The molecule has 1 atom stereocenters. The van der Waals surface area contributed by atoms with Crippen LogP contribution in [0.15, 0.2) is 53.3 Å². The van der Waals surface area contributed by atoms with E-state index < -0.39 is 5.97 Å². The van der Waals surface area contributed by atoms with E-state index in [4.69, 9.17) is 19.2 Å². The van der Waals surface area contributed by atoms with Gasteiger partial charge in [0.25, 0.3) is 0 Å². The standard InChI is InChI=1S/C25H24BrN3O4/c1-31-24-20-21-19(12-17(26)13-27-21)29(23(20)18(14-28-24)25(30)32-2)22(15-6-4-3-5-7-15)16-8-10-33-11-9-16/h3-7,12-14,16,22H,8-11H2,1-2H3/t22-/m1/s1. The number of rotatable bonds is 5. The maximum Gasteiger partial charge on any atom is 0.341 e. The molecule has 0 unspecified atom stereocenters. The Hall–Kier alpha value is -2.97. The molecule has 5 rings (SSSR count). The van der Waals surface area contributed by atoms with Gasteiger partial charge in [-0.1, -0.05) is 30.3 Å². The first-order valence-corrected chi connectivity index (χ1v) is 11.7. The second-order valence-corrected chi connectivity index (χ2v) is 9.01. The number of ether oxygens (including phenoxy) is 3. The lowest BCUT2D eigenvalue weighted by atomic mass is 9.86. The maximum absolute atomic E-state index is 12.9. The summed E-state index contributed by atoms with van der Waals surface area (Å²) in [5.41, 5.74) is 3.90. The number of nitrogens with zero attached hydrogens (tertiary/aromatic N) is 3. The van der Waals surface area contributed by atoms with Crippen LogP contribution in [0.2, 0.25) is 0 Å². The van der Waals surface area contributed by atoms with Gasteiger partial charge in [0, 0.05) is 30.1 Å². The number of hydrogen-bond acceptors (Lipinski definition) is 6. The van der Waals surface area contributed by atoms with Crippen molar-refractivity contribution in [3.05, 3.63) is 64.4 Å². The smallest absolute Gasteiger partial charge is 0.341 e. The van der Waals surface area contributed by atoms with E-state index >= 15 is 0 Å². The molecule has 0 bridgehead atoms. The predicted octanol–water partition coefficient (Wildman–Crippen LogP) is 5.16. The second kappa shape index (κ2) is 9.11. The molecule has 0 N–H and O–H groups in total. The van der Waals surface area contributed by atoms with Gasteiger partial charge in [-0.3, -0.25) is 4.98 Å². The van der Waals surface area contributed by atoms with Gasteiger partial charge in [0.1, 0.15) is 11.1 Å². The minimum atomic E-state index is -0.447. The number of aromatic nitrogens is 3. The molecule has 3 aromatic heterocycles. The Morgan fingerprint density at radius 1 is 1.15 bits per heavy atom. The van der Waals surface area contributed by atoms with Crippen LogP contribution in [-0.2, 0) is 9.47 Å². The van der Waals surface area contributed by atoms with Crippen LogP contribution in [0.4, 0.5) is 0 Å². The maximum atomic E-state index is 12.9. The summed E-state index contributed by atoms with van der Waals surface area (Å²) >= 11 is 3.59. The van der Waals surface area contributed by atoms with E-state index in [0.717, 1.165) is 39.4 Å². The van der Waals surface area contributed by atoms with E-state index in [1.165, 1.54) is 13.3 Å². The lowest BCUT2D eigenvalue weighted by Gasteiger charge is -2.33. The van der Waals surface area contributed by atoms with Gasteiger partial charge < -0.3 is 18.8 Å². The Morgan fingerprint density at radius 3 is 2.61 bits per heavy atom. The molecular weight excluding hydrogens is 486 g/mol. The van der Waals surface area contributed by atoms with Crippen LogP contribution >= 0.6 is 15.9 Å². The number of hydrogen-bond donors (Lipinski definition) is 0. The predicted molar refractivity (Wildman–Crippen MR) is 129 cm³/mol. The van der Waals surface area contributed by atoms with Crippen LogP contribution in [-0.4, -0.2) is 47.9 Å². The molecule has 8 heteroatoms.